The first-order valence-electron chi connectivity index (χ1n) is 9.60. The number of aromatic nitrogens is 3. The minimum atomic E-state index is -0.0790. The van der Waals surface area contributed by atoms with E-state index in [0.717, 1.165) is 53.0 Å². The summed E-state index contributed by atoms with van der Waals surface area (Å²) in [6, 6.07) is 1.92. The molecule has 142 valence electrons. The van der Waals surface area contributed by atoms with Crippen molar-refractivity contribution < 1.29 is 4.79 Å². The van der Waals surface area contributed by atoms with Crippen molar-refractivity contribution in [2.45, 2.75) is 60.0 Å². The predicted molar refractivity (Wildman–Crippen MR) is 109 cm³/mol. The minimum absolute atomic E-state index is 0.0382. The molecule has 4 rings (SSSR count). The topological polar surface area (TPSA) is 56.9 Å². The highest BCUT2D eigenvalue weighted by atomic mass is 32.1. The number of carbonyl (C=O) groups is 1. The van der Waals surface area contributed by atoms with Crippen LogP contribution in [0.4, 0.5) is 0 Å². The van der Waals surface area contributed by atoms with Crippen LogP contribution in [0.2, 0.25) is 0 Å². The van der Waals surface area contributed by atoms with Gasteiger partial charge in [-0.05, 0) is 57.6 Å². The van der Waals surface area contributed by atoms with Gasteiger partial charge in [0.25, 0.3) is 5.56 Å². The second-order valence-electron chi connectivity index (χ2n) is 7.66. The number of nitrogens with zero attached hydrogens (tertiary/aromatic N) is 3. The first kappa shape index (κ1) is 18.2. The zero-order valence-electron chi connectivity index (χ0n) is 16.3. The van der Waals surface area contributed by atoms with Crippen molar-refractivity contribution in [2.24, 2.45) is 5.92 Å². The molecule has 0 radical (unpaired) electrons. The summed E-state index contributed by atoms with van der Waals surface area (Å²) in [5.41, 5.74) is 3.81. The molecule has 0 spiro atoms. The summed E-state index contributed by atoms with van der Waals surface area (Å²) < 4.78 is 3.60. The van der Waals surface area contributed by atoms with Crippen LogP contribution in [0, 0.1) is 19.8 Å². The molecular formula is C21H25N3O2S. The SMILES string of the molecule is CCn1c(C)cc(C(=O)Cn2cnc3sc4c(c3c2=O)CC[C@@H](C)C4)c1C. The van der Waals surface area contributed by atoms with Crippen LogP contribution in [-0.2, 0) is 25.9 Å². The Labute approximate surface area is 162 Å². The Morgan fingerprint density at radius 2 is 2.15 bits per heavy atom. The molecule has 0 amide bonds. The molecule has 0 unspecified atom stereocenters. The maximum absolute atomic E-state index is 13.1. The van der Waals surface area contributed by atoms with Crippen LogP contribution in [0.15, 0.2) is 17.2 Å². The van der Waals surface area contributed by atoms with Crippen molar-refractivity contribution in [1.29, 1.82) is 0 Å². The molecule has 0 fully saturated rings. The van der Waals surface area contributed by atoms with E-state index in [1.54, 1.807) is 11.3 Å². The first-order chi connectivity index (χ1) is 12.9. The number of thiophene rings is 1. The molecule has 0 N–H and O–H groups in total. The molecule has 1 aliphatic carbocycles. The van der Waals surface area contributed by atoms with E-state index < -0.39 is 0 Å². The van der Waals surface area contributed by atoms with Gasteiger partial charge in [0, 0.05) is 28.4 Å². The molecule has 0 saturated carbocycles. The third kappa shape index (κ3) is 2.96. The molecular weight excluding hydrogens is 358 g/mol. The second-order valence-corrected chi connectivity index (χ2v) is 8.75. The Kier molecular flexibility index (Phi) is 4.54. The summed E-state index contributed by atoms with van der Waals surface area (Å²) in [6.07, 6.45) is 4.60. The Hall–Kier alpha value is -2.21. The van der Waals surface area contributed by atoms with E-state index in [-0.39, 0.29) is 17.9 Å². The Morgan fingerprint density at radius 3 is 2.85 bits per heavy atom. The van der Waals surface area contributed by atoms with Crippen molar-refractivity contribution in [3.8, 4) is 0 Å². The van der Waals surface area contributed by atoms with E-state index >= 15 is 0 Å². The molecule has 6 heteroatoms. The third-order valence-corrected chi connectivity index (χ3v) is 6.95. The van der Waals surface area contributed by atoms with Crippen molar-refractivity contribution in [3.05, 3.63) is 50.1 Å². The molecule has 0 saturated heterocycles. The van der Waals surface area contributed by atoms with Gasteiger partial charge in [0.15, 0.2) is 5.78 Å². The van der Waals surface area contributed by atoms with Gasteiger partial charge in [0.1, 0.15) is 4.83 Å². The van der Waals surface area contributed by atoms with Gasteiger partial charge in [-0.3, -0.25) is 14.2 Å². The highest BCUT2D eigenvalue weighted by Gasteiger charge is 2.24. The smallest absolute Gasteiger partial charge is 0.262 e. The van der Waals surface area contributed by atoms with E-state index in [0.29, 0.717) is 11.5 Å². The van der Waals surface area contributed by atoms with Crippen LogP contribution in [-0.4, -0.2) is 19.9 Å². The van der Waals surface area contributed by atoms with Crippen LogP contribution in [0.3, 0.4) is 0 Å². The van der Waals surface area contributed by atoms with Crippen molar-refractivity contribution >= 4 is 27.3 Å². The lowest BCUT2D eigenvalue weighted by molar-refractivity contribution is 0.0970. The van der Waals surface area contributed by atoms with Crippen molar-refractivity contribution in [2.75, 3.05) is 0 Å². The van der Waals surface area contributed by atoms with Gasteiger partial charge in [0.2, 0.25) is 0 Å². The Morgan fingerprint density at radius 1 is 1.37 bits per heavy atom. The zero-order chi connectivity index (χ0) is 19.3. The molecule has 5 nitrogen and oxygen atoms in total. The van der Waals surface area contributed by atoms with Crippen LogP contribution < -0.4 is 5.56 Å². The minimum Gasteiger partial charge on any atom is -0.349 e. The van der Waals surface area contributed by atoms with Crippen LogP contribution in [0.25, 0.3) is 10.2 Å². The van der Waals surface area contributed by atoms with E-state index in [1.165, 1.54) is 15.8 Å². The van der Waals surface area contributed by atoms with Gasteiger partial charge in [-0.25, -0.2) is 4.98 Å². The second kappa shape index (κ2) is 6.75. The molecule has 3 aromatic rings. The zero-order valence-corrected chi connectivity index (χ0v) is 17.2. The molecule has 0 bridgehead atoms. The summed E-state index contributed by atoms with van der Waals surface area (Å²) in [7, 11) is 0. The molecule has 1 atom stereocenters. The number of hydrogen-bond acceptors (Lipinski definition) is 4. The maximum Gasteiger partial charge on any atom is 0.262 e. The van der Waals surface area contributed by atoms with Crippen molar-refractivity contribution in [3.63, 3.8) is 0 Å². The number of rotatable bonds is 4. The van der Waals surface area contributed by atoms with Gasteiger partial charge in [0.05, 0.1) is 18.3 Å². The molecule has 3 aromatic heterocycles. The van der Waals surface area contributed by atoms with E-state index in [9.17, 15) is 9.59 Å². The summed E-state index contributed by atoms with van der Waals surface area (Å²) in [5.74, 6) is 0.618. The number of aryl methyl sites for hydroxylation is 2. The predicted octanol–water partition coefficient (Wildman–Crippen LogP) is 3.90. The molecule has 0 aromatic carbocycles. The lowest BCUT2D eigenvalue weighted by atomic mass is 9.89. The van der Waals surface area contributed by atoms with Gasteiger partial charge in [-0.2, -0.15) is 0 Å². The van der Waals surface area contributed by atoms with Crippen molar-refractivity contribution in [1.82, 2.24) is 14.1 Å². The number of hydrogen-bond donors (Lipinski definition) is 0. The number of carbonyl (C=O) groups excluding carboxylic acids is 1. The van der Waals surface area contributed by atoms with E-state index in [2.05, 4.69) is 23.4 Å². The van der Waals surface area contributed by atoms with Crippen LogP contribution in [0.5, 0.6) is 0 Å². The first-order valence-corrected chi connectivity index (χ1v) is 10.4. The summed E-state index contributed by atoms with van der Waals surface area (Å²) in [4.78, 5) is 32.6. The highest BCUT2D eigenvalue weighted by molar-refractivity contribution is 7.18. The average molecular weight is 384 g/mol. The van der Waals surface area contributed by atoms with E-state index in [1.807, 2.05) is 19.9 Å². The van der Waals surface area contributed by atoms with Crippen LogP contribution >= 0.6 is 11.3 Å². The standard InChI is InChI=1S/C21H25N3O2S/c1-5-24-13(3)9-16(14(24)4)17(25)10-23-11-22-20-19(21(23)26)15-7-6-12(2)8-18(15)27-20/h9,11-12H,5-8,10H2,1-4H3/t12-/m1/s1. The van der Waals surface area contributed by atoms with E-state index in [4.69, 9.17) is 0 Å². The average Bonchev–Trinajstić information content (AvgIpc) is 3.13. The third-order valence-electron chi connectivity index (χ3n) is 5.79. The summed E-state index contributed by atoms with van der Waals surface area (Å²) in [6.45, 7) is 9.16. The normalized spacial score (nSPS) is 16.7. The van der Waals surface area contributed by atoms with Gasteiger partial charge in [-0.1, -0.05) is 6.92 Å². The number of Topliss-reactive ketones (excluding diaryl/α,β-unsaturated/α-hetero) is 1. The number of fused-ring (bicyclic) bond motifs is 3. The molecule has 1 aliphatic rings. The maximum atomic E-state index is 13.1. The van der Waals surface area contributed by atoms with Gasteiger partial charge in [-0.15, -0.1) is 11.3 Å². The molecule has 27 heavy (non-hydrogen) atoms. The Balaban J connectivity index is 1.72. The number of ketones is 1. The van der Waals surface area contributed by atoms with Gasteiger partial charge < -0.3 is 4.57 Å². The molecule has 0 aliphatic heterocycles. The largest absolute Gasteiger partial charge is 0.349 e. The lowest BCUT2D eigenvalue weighted by Crippen LogP contribution is -2.25. The summed E-state index contributed by atoms with van der Waals surface area (Å²) >= 11 is 1.64. The quantitative estimate of drug-likeness (QED) is 0.642. The monoisotopic (exact) mass is 383 g/mol. The summed E-state index contributed by atoms with van der Waals surface area (Å²) in [5, 5.41) is 0.733. The Bertz CT molecular complexity index is 1100. The fourth-order valence-electron chi connectivity index (χ4n) is 4.29. The lowest BCUT2D eigenvalue weighted by Gasteiger charge is -2.17. The highest BCUT2D eigenvalue weighted by Crippen LogP contribution is 2.35. The fourth-order valence-corrected chi connectivity index (χ4v) is 5.63. The molecule has 3 heterocycles. The fraction of sp³-hybridized carbons (Fsp3) is 0.476. The van der Waals surface area contributed by atoms with Crippen LogP contribution in [0.1, 0.15) is 52.5 Å². The van der Waals surface area contributed by atoms with Gasteiger partial charge >= 0.3 is 0 Å².